The molecule has 262 valence electrons. The van der Waals surface area contributed by atoms with Crippen LogP contribution in [0.4, 0.5) is 0 Å². The molecule has 3 aromatic heterocycles. The van der Waals surface area contributed by atoms with Gasteiger partial charge in [0, 0.05) is 58.8 Å². The Morgan fingerprint density at radius 1 is 0.357 bits per heavy atom. The topological polar surface area (TPSA) is 51.8 Å². The molecule has 0 aliphatic rings. The fourth-order valence-corrected chi connectivity index (χ4v) is 9.10. The highest BCUT2D eigenvalue weighted by molar-refractivity contribution is 7.26. The quantitative estimate of drug-likeness (QED) is 0.171. The molecule has 0 unspecified atom stereocenters. The Morgan fingerprint density at radius 3 is 1.62 bits per heavy atom. The fraction of sp³-hybridized carbons (Fsp3) is 0. The lowest BCUT2D eigenvalue weighted by Crippen LogP contribution is -2.00. The SMILES string of the molecule is c1ccc(-c2ccc(-c3nc(-c4ccccc4)nc(-c4ccc5c(c4)oc4c(-c6ccc(-c7ccccc7)c7c6sc6ccccc67)cccc45)n3)cc2)cc1. The van der Waals surface area contributed by atoms with Gasteiger partial charge in [0.15, 0.2) is 17.5 Å². The molecule has 3 heterocycles. The van der Waals surface area contributed by atoms with E-state index in [1.807, 2.05) is 47.7 Å². The molecule has 56 heavy (non-hydrogen) atoms. The Labute approximate surface area is 327 Å². The predicted octanol–water partition coefficient (Wildman–Crippen LogP) is 14.1. The van der Waals surface area contributed by atoms with Crippen LogP contribution in [-0.2, 0) is 0 Å². The van der Waals surface area contributed by atoms with Crippen LogP contribution in [0.5, 0.6) is 0 Å². The summed E-state index contributed by atoms with van der Waals surface area (Å²) in [4.78, 5) is 15.0. The van der Waals surface area contributed by atoms with Crippen molar-refractivity contribution in [1.29, 1.82) is 0 Å². The third kappa shape index (κ3) is 5.48. The van der Waals surface area contributed by atoms with Crippen LogP contribution in [0.3, 0.4) is 0 Å². The van der Waals surface area contributed by atoms with Gasteiger partial charge in [-0.2, -0.15) is 0 Å². The summed E-state index contributed by atoms with van der Waals surface area (Å²) in [5, 5.41) is 4.67. The standard InChI is InChI=1S/C51H31N3OS/c1-4-13-32(14-5-1)33-23-25-36(26-24-33)50-52-49(35-17-8-3-9-18-35)53-51(54-50)37-27-28-39-40-20-12-21-41(47(40)55-44(39)31-37)42-30-29-38(34-15-6-2-7-16-34)46-43-19-10-11-22-45(43)56-48(42)46/h1-31H. The lowest BCUT2D eigenvalue weighted by atomic mass is 9.94. The van der Waals surface area contributed by atoms with Crippen LogP contribution >= 0.6 is 11.3 Å². The van der Waals surface area contributed by atoms with Crippen LogP contribution < -0.4 is 0 Å². The number of aromatic nitrogens is 3. The molecule has 0 N–H and O–H groups in total. The van der Waals surface area contributed by atoms with Crippen LogP contribution in [0.15, 0.2) is 192 Å². The molecule has 0 spiro atoms. The van der Waals surface area contributed by atoms with Crippen LogP contribution in [0.1, 0.15) is 0 Å². The van der Waals surface area contributed by atoms with E-state index in [-0.39, 0.29) is 0 Å². The van der Waals surface area contributed by atoms with Crippen molar-refractivity contribution < 1.29 is 4.42 Å². The number of fused-ring (bicyclic) bond motifs is 6. The number of thiophene rings is 1. The molecular formula is C51H31N3OS. The molecule has 0 saturated carbocycles. The van der Waals surface area contributed by atoms with Gasteiger partial charge >= 0.3 is 0 Å². The van der Waals surface area contributed by atoms with Crippen molar-refractivity contribution in [2.45, 2.75) is 0 Å². The van der Waals surface area contributed by atoms with E-state index < -0.39 is 0 Å². The van der Waals surface area contributed by atoms with E-state index in [9.17, 15) is 0 Å². The number of hydrogen-bond acceptors (Lipinski definition) is 5. The second kappa shape index (κ2) is 13.3. The fourth-order valence-electron chi connectivity index (χ4n) is 7.84. The maximum absolute atomic E-state index is 6.86. The van der Waals surface area contributed by atoms with Crippen molar-refractivity contribution >= 4 is 53.4 Å². The van der Waals surface area contributed by atoms with E-state index in [1.54, 1.807) is 0 Å². The molecule has 0 aliphatic heterocycles. The average Bonchev–Trinajstić information content (AvgIpc) is 3.86. The summed E-state index contributed by atoms with van der Waals surface area (Å²) < 4.78 is 9.38. The molecule has 5 heteroatoms. The minimum Gasteiger partial charge on any atom is -0.455 e. The van der Waals surface area contributed by atoms with Gasteiger partial charge in [0.05, 0.1) is 0 Å². The summed E-state index contributed by atoms with van der Waals surface area (Å²) in [5.41, 5.74) is 11.4. The van der Waals surface area contributed by atoms with Gasteiger partial charge in [-0.15, -0.1) is 11.3 Å². The van der Waals surface area contributed by atoms with Crippen molar-refractivity contribution in [3.05, 3.63) is 188 Å². The molecule has 0 radical (unpaired) electrons. The first kappa shape index (κ1) is 32.2. The third-order valence-electron chi connectivity index (χ3n) is 10.6. The van der Waals surface area contributed by atoms with Crippen LogP contribution in [0.2, 0.25) is 0 Å². The number of nitrogens with zero attached hydrogens (tertiary/aromatic N) is 3. The van der Waals surface area contributed by atoms with E-state index >= 15 is 0 Å². The van der Waals surface area contributed by atoms with Gasteiger partial charge in [0.1, 0.15) is 11.2 Å². The molecule has 11 rings (SSSR count). The van der Waals surface area contributed by atoms with Crippen molar-refractivity contribution in [2.24, 2.45) is 0 Å². The van der Waals surface area contributed by atoms with E-state index in [0.29, 0.717) is 17.5 Å². The normalized spacial score (nSPS) is 11.6. The molecular weight excluding hydrogens is 703 g/mol. The molecule has 0 amide bonds. The number of rotatable bonds is 6. The molecule has 0 bridgehead atoms. The van der Waals surface area contributed by atoms with Gasteiger partial charge < -0.3 is 4.42 Å². The summed E-state index contributed by atoms with van der Waals surface area (Å²) >= 11 is 1.84. The average molecular weight is 734 g/mol. The summed E-state index contributed by atoms with van der Waals surface area (Å²) in [5.74, 6) is 1.83. The lowest BCUT2D eigenvalue weighted by molar-refractivity contribution is 0.670. The van der Waals surface area contributed by atoms with Crippen molar-refractivity contribution in [1.82, 2.24) is 15.0 Å². The maximum Gasteiger partial charge on any atom is 0.164 e. The van der Waals surface area contributed by atoms with Crippen LogP contribution in [-0.4, -0.2) is 15.0 Å². The first-order chi connectivity index (χ1) is 27.7. The number of hydrogen-bond donors (Lipinski definition) is 0. The largest absolute Gasteiger partial charge is 0.455 e. The maximum atomic E-state index is 6.86. The highest BCUT2D eigenvalue weighted by Crippen LogP contribution is 2.47. The number of furan rings is 1. The summed E-state index contributed by atoms with van der Waals surface area (Å²) in [6.45, 7) is 0. The summed E-state index contributed by atoms with van der Waals surface area (Å²) in [6.07, 6.45) is 0. The Balaban J connectivity index is 1.05. The van der Waals surface area contributed by atoms with E-state index in [0.717, 1.165) is 49.8 Å². The van der Waals surface area contributed by atoms with Gasteiger partial charge in [-0.1, -0.05) is 170 Å². The number of para-hydroxylation sites is 1. The van der Waals surface area contributed by atoms with Gasteiger partial charge in [0.25, 0.3) is 0 Å². The van der Waals surface area contributed by atoms with E-state index in [2.05, 4.69) is 152 Å². The zero-order valence-electron chi connectivity index (χ0n) is 30.1. The van der Waals surface area contributed by atoms with Gasteiger partial charge in [-0.25, -0.2) is 15.0 Å². The molecule has 0 atom stereocenters. The molecule has 0 aliphatic carbocycles. The monoisotopic (exact) mass is 733 g/mol. The first-order valence-corrected chi connectivity index (χ1v) is 19.5. The van der Waals surface area contributed by atoms with Crippen molar-refractivity contribution in [2.75, 3.05) is 0 Å². The second-order valence-electron chi connectivity index (χ2n) is 13.9. The minimum atomic E-state index is 0.590. The van der Waals surface area contributed by atoms with E-state index in [1.165, 1.54) is 42.4 Å². The Morgan fingerprint density at radius 2 is 0.893 bits per heavy atom. The highest BCUT2D eigenvalue weighted by atomic mass is 32.1. The molecule has 0 saturated heterocycles. The zero-order valence-corrected chi connectivity index (χ0v) is 30.9. The van der Waals surface area contributed by atoms with Gasteiger partial charge in [0.2, 0.25) is 0 Å². The zero-order chi connectivity index (χ0) is 37.0. The molecule has 8 aromatic carbocycles. The third-order valence-corrected chi connectivity index (χ3v) is 11.8. The van der Waals surface area contributed by atoms with E-state index in [4.69, 9.17) is 19.4 Å². The Hall–Kier alpha value is -7.21. The minimum absolute atomic E-state index is 0.590. The van der Waals surface area contributed by atoms with Crippen molar-refractivity contribution in [3.63, 3.8) is 0 Å². The highest BCUT2D eigenvalue weighted by Gasteiger charge is 2.20. The molecule has 11 aromatic rings. The molecule has 4 nitrogen and oxygen atoms in total. The Bertz CT molecular complexity index is 3230. The predicted molar refractivity (Wildman–Crippen MR) is 233 cm³/mol. The lowest BCUT2D eigenvalue weighted by Gasteiger charge is -2.10. The van der Waals surface area contributed by atoms with Gasteiger partial charge in [-0.05, 0) is 40.5 Å². The Kier molecular flexibility index (Phi) is 7.64. The number of benzene rings is 8. The summed E-state index contributed by atoms with van der Waals surface area (Å²) in [6, 6.07) is 65.5. The van der Waals surface area contributed by atoms with Crippen molar-refractivity contribution in [3.8, 4) is 67.5 Å². The van der Waals surface area contributed by atoms with Gasteiger partial charge in [-0.3, -0.25) is 0 Å². The van der Waals surface area contributed by atoms with Crippen LogP contribution in [0.25, 0.3) is 110 Å². The van der Waals surface area contributed by atoms with Crippen LogP contribution in [0, 0.1) is 0 Å². The molecule has 0 fully saturated rings. The second-order valence-corrected chi connectivity index (χ2v) is 15.0. The first-order valence-electron chi connectivity index (χ1n) is 18.7. The summed E-state index contributed by atoms with van der Waals surface area (Å²) in [7, 11) is 0. The smallest absolute Gasteiger partial charge is 0.164 e.